The standard InChI is InChI=1S/C23H34O6.C22H32O6.C10H16.C3H8/c1-4-26-15-10-11-16-27-18-21(20-12-6-5-7-13-20)29-22(24)14-8-9-17-28-23(25)19(2)3;1-18(2)22(24)27-16-8-7-13-21(23)28-20(19-11-5-4-6-12-19)17-26-15-10-9-14-25-3;1-2-9-7-4-5-8(6-7)10(9)3-1;1-3-2/h5-7,12-13,21H,2,4,8-11,14-18H2,1,3H3;4-6,11-12,20H,1,7-10,13-17H2,2-3H3;7-10H,1-6H2;3H2,1-2H3. The molecular formula is C58H90O12. The second kappa shape index (κ2) is 39.3. The summed E-state index contributed by atoms with van der Waals surface area (Å²) < 4.78 is 43.0. The summed E-state index contributed by atoms with van der Waals surface area (Å²) in [5.74, 6) is 3.41. The minimum absolute atomic E-state index is 0.266. The number of methoxy groups -OCH3 is 1. The molecule has 0 aromatic heterocycles. The number of carbonyl (C=O) groups excluding carboxylic acids is 4. The fourth-order valence-electron chi connectivity index (χ4n) is 8.89. The average molecular weight is 979 g/mol. The summed E-state index contributed by atoms with van der Waals surface area (Å²) in [7, 11) is 1.68. The molecule has 0 radical (unpaired) electrons. The second-order valence-electron chi connectivity index (χ2n) is 18.6. The zero-order chi connectivity index (χ0) is 51.2. The van der Waals surface area contributed by atoms with Crippen LogP contribution in [0, 0.1) is 23.7 Å². The molecule has 2 aromatic rings. The Morgan fingerprint density at radius 2 is 0.929 bits per heavy atom. The smallest absolute Gasteiger partial charge is 0.333 e. The number of carbonyl (C=O) groups is 4. The predicted octanol–water partition coefficient (Wildman–Crippen LogP) is 12.6. The van der Waals surface area contributed by atoms with E-state index in [9.17, 15) is 19.2 Å². The van der Waals surface area contributed by atoms with Crippen molar-refractivity contribution in [1.82, 2.24) is 0 Å². The van der Waals surface area contributed by atoms with Gasteiger partial charge in [-0.05, 0) is 139 Å². The van der Waals surface area contributed by atoms with Crippen LogP contribution in [0.25, 0.3) is 0 Å². The van der Waals surface area contributed by atoms with Crippen LogP contribution in [0.2, 0.25) is 0 Å². The molecule has 12 nitrogen and oxygen atoms in total. The number of benzene rings is 2. The van der Waals surface area contributed by atoms with Gasteiger partial charge in [-0.25, -0.2) is 9.59 Å². The Kier molecular flexibility index (Phi) is 34.7. The van der Waals surface area contributed by atoms with Crippen LogP contribution in [0.4, 0.5) is 0 Å². The summed E-state index contributed by atoms with van der Waals surface area (Å²) >= 11 is 0. The van der Waals surface area contributed by atoms with Crippen molar-refractivity contribution in [2.24, 2.45) is 23.7 Å². The van der Waals surface area contributed by atoms with Gasteiger partial charge >= 0.3 is 23.9 Å². The van der Waals surface area contributed by atoms with Gasteiger partial charge in [0.05, 0.1) is 26.4 Å². The first-order chi connectivity index (χ1) is 33.9. The van der Waals surface area contributed by atoms with E-state index in [-0.39, 0.29) is 38.0 Å². The SMILES string of the molecule is C1CC2C3CCC(C3)C2C1.C=C(C)C(=O)OCCCCC(=O)OC(COCCCCOC)c1ccccc1.C=C(C)C(=O)OCCCCC(=O)OC(COCCCCOCC)c1ccccc1.CCC. The van der Waals surface area contributed by atoms with Crippen molar-refractivity contribution < 1.29 is 57.1 Å². The zero-order valence-corrected chi connectivity index (χ0v) is 43.9. The monoisotopic (exact) mass is 979 g/mol. The lowest BCUT2D eigenvalue weighted by molar-refractivity contribution is -0.154. The summed E-state index contributed by atoms with van der Waals surface area (Å²) in [6.45, 7) is 21.0. The normalized spacial score (nSPS) is 18.0. The molecule has 0 spiro atoms. The van der Waals surface area contributed by atoms with Gasteiger partial charge in [-0.15, -0.1) is 0 Å². The van der Waals surface area contributed by atoms with Crippen LogP contribution in [0.15, 0.2) is 85.0 Å². The maximum atomic E-state index is 12.2. The van der Waals surface area contributed by atoms with E-state index in [1.165, 1.54) is 30.1 Å². The van der Waals surface area contributed by atoms with Gasteiger partial charge in [0.25, 0.3) is 0 Å². The van der Waals surface area contributed by atoms with Gasteiger partial charge in [0.15, 0.2) is 12.2 Å². The molecule has 0 saturated heterocycles. The molecule has 2 aromatic carbocycles. The second-order valence-corrected chi connectivity index (χ2v) is 18.6. The highest BCUT2D eigenvalue weighted by molar-refractivity contribution is 5.87. The molecule has 0 aliphatic heterocycles. The van der Waals surface area contributed by atoms with Crippen LogP contribution in [0.3, 0.4) is 0 Å². The molecular weight excluding hydrogens is 889 g/mol. The van der Waals surface area contributed by atoms with Crippen LogP contribution in [-0.4, -0.2) is 90.4 Å². The molecule has 70 heavy (non-hydrogen) atoms. The third kappa shape index (κ3) is 27.3. The number of hydrogen-bond donors (Lipinski definition) is 0. The fraction of sp³-hybridized carbons (Fsp3) is 0.655. The molecule has 2 bridgehead atoms. The van der Waals surface area contributed by atoms with E-state index in [2.05, 4.69) is 27.0 Å². The van der Waals surface area contributed by atoms with E-state index in [0.29, 0.717) is 69.9 Å². The van der Waals surface area contributed by atoms with Gasteiger partial charge in [0.1, 0.15) is 0 Å². The highest BCUT2D eigenvalue weighted by Gasteiger charge is 2.48. The lowest BCUT2D eigenvalue weighted by Gasteiger charge is -2.23. The average Bonchev–Trinajstić information content (AvgIpc) is 4.13. The van der Waals surface area contributed by atoms with Crippen molar-refractivity contribution >= 4 is 23.9 Å². The summed E-state index contributed by atoms with van der Waals surface area (Å²) in [5.41, 5.74) is 2.55. The van der Waals surface area contributed by atoms with E-state index >= 15 is 0 Å². The minimum Gasteiger partial charge on any atom is -0.462 e. The third-order valence-electron chi connectivity index (χ3n) is 12.4. The Bertz CT molecular complexity index is 1700. The van der Waals surface area contributed by atoms with Crippen LogP contribution < -0.4 is 0 Å². The Hall–Kier alpha value is -4.36. The molecule has 6 atom stereocenters. The van der Waals surface area contributed by atoms with Gasteiger partial charge < -0.3 is 37.9 Å². The summed E-state index contributed by atoms with van der Waals surface area (Å²) in [5, 5.41) is 0. The maximum absolute atomic E-state index is 12.2. The molecule has 5 rings (SSSR count). The highest BCUT2D eigenvalue weighted by Crippen LogP contribution is 2.58. The van der Waals surface area contributed by atoms with E-state index < -0.39 is 24.1 Å². The number of fused-ring (bicyclic) bond motifs is 5. The fourth-order valence-corrected chi connectivity index (χ4v) is 8.89. The van der Waals surface area contributed by atoms with Crippen molar-refractivity contribution in [2.75, 3.05) is 66.6 Å². The lowest BCUT2D eigenvalue weighted by Crippen LogP contribution is -2.17. The largest absolute Gasteiger partial charge is 0.462 e. The molecule has 3 fully saturated rings. The zero-order valence-electron chi connectivity index (χ0n) is 43.9. The first kappa shape index (κ1) is 61.8. The van der Waals surface area contributed by atoms with Crippen LogP contribution in [-0.2, 0) is 57.1 Å². The van der Waals surface area contributed by atoms with Crippen molar-refractivity contribution in [3.05, 3.63) is 96.1 Å². The molecule has 6 unspecified atom stereocenters. The highest BCUT2D eigenvalue weighted by atomic mass is 16.6. The van der Waals surface area contributed by atoms with Gasteiger partial charge in [-0.2, -0.15) is 0 Å². The number of ether oxygens (including phenoxy) is 8. The predicted molar refractivity (Wildman–Crippen MR) is 276 cm³/mol. The van der Waals surface area contributed by atoms with Crippen LogP contribution in [0.5, 0.6) is 0 Å². The van der Waals surface area contributed by atoms with E-state index in [1.807, 2.05) is 67.6 Å². The molecule has 3 saturated carbocycles. The van der Waals surface area contributed by atoms with Gasteiger partial charge in [0, 0.05) is 64.1 Å². The van der Waals surface area contributed by atoms with E-state index in [0.717, 1.165) is 50.0 Å². The van der Waals surface area contributed by atoms with Gasteiger partial charge in [0.2, 0.25) is 0 Å². The van der Waals surface area contributed by atoms with Crippen molar-refractivity contribution in [3.63, 3.8) is 0 Å². The Balaban J connectivity index is 0.000000380. The Morgan fingerprint density at radius 3 is 1.31 bits per heavy atom. The number of rotatable bonds is 31. The molecule has 3 aliphatic rings. The van der Waals surface area contributed by atoms with Crippen molar-refractivity contribution in [2.45, 2.75) is 156 Å². The topological polar surface area (TPSA) is 142 Å². The Labute approximate surface area is 421 Å². The van der Waals surface area contributed by atoms with Gasteiger partial charge in [-0.3, -0.25) is 9.59 Å². The molecule has 3 aliphatic carbocycles. The number of unbranched alkanes of at least 4 members (excludes halogenated alkanes) is 4. The molecule has 0 amide bonds. The summed E-state index contributed by atoms with van der Waals surface area (Å²) in [4.78, 5) is 47.0. The molecule has 0 heterocycles. The van der Waals surface area contributed by atoms with Crippen molar-refractivity contribution in [1.29, 1.82) is 0 Å². The third-order valence-corrected chi connectivity index (χ3v) is 12.4. The lowest BCUT2D eigenvalue weighted by atomic mass is 9.82. The molecule has 12 heteroatoms. The first-order valence-electron chi connectivity index (χ1n) is 26.3. The van der Waals surface area contributed by atoms with E-state index in [4.69, 9.17) is 37.9 Å². The van der Waals surface area contributed by atoms with E-state index in [1.54, 1.807) is 59.5 Å². The quantitative estimate of drug-likeness (QED) is 0.0307. The van der Waals surface area contributed by atoms with Gasteiger partial charge in [-0.1, -0.05) is 101 Å². The van der Waals surface area contributed by atoms with Crippen molar-refractivity contribution in [3.8, 4) is 0 Å². The number of esters is 4. The molecule has 0 N–H and O–H groups in total. The first-order valence-corrected chi connectivity index (χ1v) is 26.3. The summed E-state index contributed by atoms with van der Waals surface area (Å²) in [6, 6.07) is 19.2. The Morgan fingerprint density at radius 1 is 0.543 bits per heavy atom. The van der Waals surface area contributed by atoms with Crippen LogP contribution in [0.1, 0.15) is 167 Å². The van der Waals surface area contributed by atoms with Crippen LogP contribution >= 0.6 is 0 Å². The maximum Gasteiger partial charge on any atom is 0.333 e. The molecule has 394 valence electrons. The number of hydrogen-bond acceptors (Lipinski definition) is 12. The summed E-state index contributed by atoms with van der Waals surface area (Å²) in [6.07, 6.45) is 16.5. The minimum atomic E-state index is -0.433.